The molecule has 31 heavy (non-hydrogen) atoms. The molecule has 0 unspecified atom stereocenters. The smallest absolute Gasteiger partial charge is 0.355 e. The molecule has 2 aromatic carbocycles. The van der Waals surface area contributed by atoms with E-state index in [-0.39, 0.29) is 28.7 Å². The number of amides is 2. The number of hydrogen-bond acceptors (Lipinski definition) is 8. The maximum absolute atomic E-state index is 13.3. The highest BCUT2D eigenvalue weighted by molar-refractivity contribution is 6.48. The Bertz CT molecular complexity index is 1130. The molecule has 0 spiro atoms. The highest BCUT2D eigenvalue weighted by atomic mass is 35.5. The van der Waals surface area contributed by atoms with Gasteiger partial charge in [0.05, 0.1) is 27.9 Å². The summed E-state index contributed by atoms with van der Waals surface area (Å²) in [5.41, 5.74) is 0.140. The number of benzene rings is 2. The number of hydrogen-bond donors (Lipinski definition) is 0. The van der Waals surface area contributed by atoms with Crippen LogP contribution in [0, 0.1) is 16.0 Å². The molecule has 0 saturated carbocycles. The third-order valence-electron chi connectivity index (χ3n) is 4.95. The Morgan fingerprint density at radius 1 is 1.16 bits per heavy atom. The van der Waals surface area contributed by atoms with Crippen LogP contribution in [0.1, 0.15) is 6.92 Å². The van der Waals surface area contributed by atoms with E-state index in [2.05, 4.69) is 5.10 Å². The second kappa shape index (κ2) is 7.80. The van der Waals surface area contributed by atoms with Gasteiger partial charge in [-0.25, -0.2) is 9.69 Å². The summed E-state index contributed by atoms with van der Waals surface area (Å²) in [4.78, 5) is 50.3. The van der Waals surface area contributed by atoms with Crippen molar-refractivity contribution in [1.82, 2.24) is 0 Å². The van der Waals surface area contributed by atoms with Crippen molar-refractivity contribution in [3.05, 3.63) is 63.7 Å². The predicted molar refractivity (Wildman–Crippen MR) is 111 cm³/mol. The van der Waals surface area contributed by atoms with Gasteiger partial charge in [0.15, 0.2) is 5.71 Å². The number of hydrazone groups is 1. The van der Waals surface area contributed by atoms with Crippen LogP contribution in [-0.4, -0.2) is 41.1 Å². The maximum atomic E-state index is 13.3. The number of anilines is 2. The molecular weight excluding hydrogens is 428 g/mol. The van der Waals surface area contributed by atoms with E-state index >= 15 is 0 Å². The topological polar surface area (TPSA) is 122 Å². The number of para-hydroxylation sites is 1. The zero-order valence-corrected chi connectivity index (χ0v) is 16.9. The molecule has 1 saturated heterocycles. The first-order valence-corrected chi connectivity index (χ1v) is 9.64. The van der Waals surface area contributed by atoms with Gasteiger partial charge in [0.2, 0.25) is 5.91 Å². The monoisotopic (exact) mass is 442 g/mol. The number of non-ortho nitro benzene ring substituents is 1. The van der Waals surface area contributed by atoms with Crippen LogP contribution < -0.4 is 9.91 Å². The number of esters is 1. The second-order valence-electron chi connectivity index (χ2n) is 6.71. The van der Waals surface area contributed by atoms with Crippen molar-refractivity contribution in [1.29, 1.82) is 0 Å². The summed E-state index contributed by atoms with van der Waals surface area (Å²) in [5.74, 6) is -3.29. The molecule has 0 aromatic heterocycles. The standard InChI is InChI=1S/C20H15ClN4O6/c1-2-31-20(28)16-15-17(24(22-16)11-7-9-12(10-8-11)25(29)30)19(27)23(18(15)26)14-6-4-3-5-13(14)21/h3-10,15,17H,2H2,1H3/t15-,17-/m0/s1. The van der Waals surface area contributed by atoms with Gasteiger partial charge in [-0.1, -0.05) is 23.7 Å². The molecule has 0 aliphatic carbocycles. The number of nitro groups is 1. The number of ether oxygens (including phenoxy) is 1. The molecule has 0 radical (unpaired) electrons. The minimum atomic E-state index is -1.20. The first kappa shape index (κ1) is 20.5. The molecular formula is C20H15ClN4O6. The van der Waals surface area contributed by atoms with Crippen LogP contribution >= 0.6 is 11.6 Å². The first-order valence-electron chi connectivity index (χ1n) is 9.26. The number of nitrogens with zero attached hydrogens (tertiary/aromatic N) is 4. The Labute approximate surface area is 180 Å². The van der Waals surface area contributed by atoms with Crippen LogP contribution in [0.2, 0.25) is 5.02 Å². The minimum absolute atomic E-state index is 0.0587. The third-order valence-corrected chi connectivity index (χ3v) is 5.27. The molecule has 11 heteroatoms. The highest BCUT2D eigenvalue weighted by Crippen LogP contribution is 2.40. The number of carbonyl (C=O) groups is 3. The lowest BCUT2D eigenvalue weighted by Crippen LogP contribution is -2.39. The van der Waals surface area contributed by atoms with Crippen LogP contribution in [0.5, 0.6) is 0 Å². The Morgan fingerprint density at radius 3 is 2.45 bits per heavy atom. The number of fused-ring (bicyclic) bond motifs is 1. The Kier molecular flexibility index (Phi) is 5.15. The van der Waals surface area contributed by atoms with E-state index in [0.29, 0.717) is 5.69 Å². The van der Waals surface area contributed by atoms with Crippen LogP contribution in [0.15, 0.2) is 53.6 Å². The Balaban J connectivity index is 1.79. The lowest BCUT2D eigenvalue weighted by atomic mass is 9.97. The molecule has 2 aromatic rings. The molecule has 2 atom stereocenters. The van der Waals surface area contributed by atoms with E-state index < -0.39 is 34.7 Å². The fraction of sp³-hybridized carbons (Fsp3) is 0.200. The highest BCUT2D eigenvalue weighted by Gasteiger charge is 2.59. The quantitative estimate of drug-likeness (QED) is 0.302. The zero-order valence-electron chi connectivity index (χ0n) is 16.1. The number of nitro benzene ring substituents is 1. The molecule has 2 aliphatic heterocycles. The number of halogens is 1. The fourth-order valence-corrected chi connectivity index (χ4v) is 3.82. The van der Waals surface area contributed by atoms with Crippen molar-refractivity contribution in [2.24, 2.45) is 11.0 Å². The number of rotatable bonds is 5. The first-order chi connectivity index (χ1) is 14.8. The van der Waals surface area contributed by atoms with Crippen LogP contribution in [-0.2, 0) is 19.1 Å². The summed E-state index contributed by atoms with van der Waals surface area (Å²) in [5, 5.41) is 16.5. The summed E-state index contributed by atoms with van der Waals surface area (Å²) < 4.78 is 5.02. The Hall–Kier alpha value is -3.79. The molecule has 0 bridgehead atoms. The predicted octanol–water partition coefficient (Wildman–Crippen LogP) is 2.55. The summed E-state index contributed by atoms with van der Waals surface area (Å²) >= 11 is 6.20. The van der Waals surface area contributed by atoms with E-state index in [9.17, 15) is 24.5 Å². The van der Waals surface area contributed by atoms with E-state index in [1.165, 1.54) is 35.3 Å². The lowest BCUT2D eigenvalue weighted by molar-refractivity contribution is -0.384. The molecule has 0 N–H and O–H groups in total. The Morgan fingerprint density at radius 2 is 1.84 bits per heavy atom. The summed E-state index contributed by atoms with van der Waals surface area (Å²) in [6.45, 7) is 1.67. The van der Waals surface area contributed by atoms with Gasteiger partial charge in [-0.2, -0.15) is 5.10 Å². The normalized spacial score (nSPS) is 20.0. The number of carbonyl (C=O) groups excluding carboxylic acids is 3. The molecule has 4 rings (SSSR count). The molecule has 1 fully saturated rings. The van der Waals surface area contributed by atoms with E-state index in [1.54, 1.807) is 25.1 Å². The van der Waals surface area contributed by atoms with Gasteiger partial charge in [0.25, 0.3) is 11.6 Å². The third kappa shape index (κ3) is 3.30. The average molecular weight is 443 g/mol. The van der Waals surface area contributed by atoms with Crippen molar-refractivity contribution in [2.45, 2.75) is 13.0 Å². The van der Waals surface area contributed by atoms with E-state index in [1.807, 2.05) is 0 Å². The van der Waals surface area contributed by atoms with Crippen LogP contribution in [0.25, 0.3) is 0 Å². The van der Waals surface area contributed by atoms with Gasteiger partial charge < -0.3 is 4.74 Å². The van der Waals surface area contributed by atoms with E-state index in [4.69, 9.17) is 16.3 Å². The van der Waals surface area contributed by atoms with Gasteiger partial charge in [0, 0.05) is 12.1 Å². The number of imide groups is 1. The summed E-state index contributed by atoms with van der Waals surface area (Å²) in [6.07, 6.45) is 0. The van der Waals surface area contributed by atoms with Crippen LogP contribution in [0.4, 0.5) is 17.1 Å². The fourth-order valence-electron chi connectivity index (χ4n) is 3.60. The zero-order chi connectivity index (χ0) is 22.3. The van der Waals surface area contributed by atoms with Gasteiger partial charge in [-0.05, 0) is 31.2 Å². The van der Waals surface area contributed by atoms with E-state index in [0.717, 1.165) is 4.90 Å². The van der Waals surface area contributed by atoms with Crippen molar-refractivity contribution in [2.75, 3.05) is 16.5 Å². The average Bonchev–Trinajstić information content (AvgIpc) is 3.26. The van der Waals surface area contributed by atoms with Gasteiger partial charge in [-0.3, -0.25) is 24.7 Å². The molecule has 158 valence electrons. The summed E-state index contributed by atoms with van der Waals surface area (Å²) in [7, 11) is 0. The van der Waals surface area contributed by atoms with Crippen LogP contribution in [0.3, 0.4) is 0 Å². The lowest BCUT2D eigenvalue weighted by Gasteiger charge is -2.22. The van der Waals surface area contributed by atoms with Crippen molar-refractivity contribution in [3.63, 3.8) is 0 Å². The molecule has 10 nitrogen and oxygen atoms in total. The molecule has 2 heterocycles. The van der Waals surface area contributed by atoms with Crippen molar-refractivity contribution >= 4 is 52.2 Å². The van der Waals surface area contributed by atoms with Gasteiger partial charge >= 0.3 is 5.97 Å². The van der Waals surface area contributed by atoms with Crippen molar-refractivity contribution in [3.8, 4) is 0 Å². The van der Waals surface area contributed by atoms with Gasteiger partial charge in [0.1, 0.15) is 12.0 Å². The largest absolute Gasteiger partial charge is 0.461 e. The summed E-state index contributed by atoms with van der Waals surface area (Å²) in [6, 6.07) is 10.5. The molecule has 2 amide bonds. The SMILES string of the molecule is CCOC(=O)C1=NN(c2ccc([N+](=O)[O-])cc2)[C@@H]2C(=O)N(c3ccccc3Cl)C(=O)[C@@H]12. The molecule has 2 aliphatic rings. The maximum Gasteiger partial charge on any atom is 0.355 e. The second-order valence-corrected chi connectivity index (χ2v) is 7.12. The minimum Gasteiger partial charge on any atom is -0.461 e. The van der Waals surface area contributed by atoms with Crippen molar-refractivity contribution < 1.29 is 24.0 Å². The van der Waals surface area contributed by atoms with Gasteiger partial charge in [-0.15, -0.1) is 0 Å².